The summed E-state index contributed by atoms with van der Waals surface area (Å²) in [5, 5.41) is 1.59. The van der Waals surface area contributed by atoms with Crippen LogP contribution in [0.15, 0.2) is 60.9 Å². The van der Waals surface area contributed by atoms with E-state index in [0.717, 1.165) is 5.65 Å². The molecule has 3 aromatic rings. The molecule has 2 heterocycles. The number of hydrogen-bond donors (Lipinski definition) is 1. The lowest BCUT2D eigenvalue weighted by Crippen LogP contribution is -1.89. The minimum atomic E-state index is 0.416. The van der Waals surface area contributed by atoms with Crippen LogP contribution in [-0.2, 0) is 0 Å². The van der Waals surface area contributed by atoms with E-state index in [-0.39, 0.29) is 0 Å². The number of H-pyrrole nitrogens is 1. The summed E-state index contributed by atoms with van der Waals surface area (Å²) in [5.41, 5.74) is 3.52. The van der Waals surface area contributed by atoms with E-state index in [4.69, 9.17) is 0 Å². The summed E-state index contributed by atoms with van der Waals surface area (Å²) in [6.07, 6.45) is 6.05. The topological polar surface area (TPSA) is 28.7 Å². The van der Waals surface area contributed by atoms with Crippen molar-refractivity contribution in [2.45, 2.75) is 19.1 Å². The molecule has 1 atom stereocenters. The van der Waals surface area contributed by atoms with Gasteiger partial charge in [-0.15, -0.1) is 11.8 Å². The van der Waals surface area contributed by atoms with Gasteiger partial charge in [-0.05, 0) is 31.5 Å². The van der Waals surface area contributed by atoms with Crippen LogP contribution >= 0.6 is 11.8 Å². The number of allylic oxidation sites excluding steroid dienone is 1. The molecule has 0 saturated carbocycles. The highest BCUT2D eigenvalue weighted by Crippen LogP contribution is 2.41. The van der Waals surface area contributed by atoms with Crippen LogP contribution < -0.4 is 0 Å². The van der Waals surface area contributed by atoms with Crippen molar-refractivity contribution in [1.82, 2.24) is 9.97 Å². The molecule has 3 heteroatoms. The SMILES string of the molecule is C/C=C(\SC(C)c1ccccc1)c1c[nH]c2ncccc12. The number of hydrogen-bond acceptors (Lipinski definition) is 2. The lowest BCUT2D eigenvalue weighted by Gasteiger charge is -2.14. The monoisotopic (exact) mass is 294 g/mol. The first-order chi connectivity index (χ1) is 10.3. The summed E-state index contributed by atoms with van der Waals surface area (Å²) in [4.78, 5) is 8.90. The number of thioether (sulfide) groups is 1. The van der Waals surface area contributed by atoms with Gasteiger partial charge < -0.3 is 4.98 Å². The molecular weight excluding hydrogens is 276 g/mol. The zero-order chi connectivity index (χ0) is 14.7. The number of nitrogens with zero attached hydrogens (tertiary/aromatic N) is 1. The van der Waals surface area contributed by atoms with Crippen molar-refractivity contribution in [3.63, 3.8) is 0 Å². The molecule has 0 bridgehead atoms. The normalized spacial score (nSPS) is 13.5. The van der Waals surface area contributed by atoms with E-state index in [1.165, 1.54) is 21.4 Å². The molecule has 2 nitrogen and oxygen atoms in total. The van der Waals surface area contributed by atoms with Crippen LogP contribution in [0.1, 0.15) is 30.2 Å². The second kappa shape index (κ2) is 6.19. The minimum absolute atomic E-state index is 0.416. The molecule has 0 radical (unpaired) electrons. The Labute approximate surface area is 129 Å². The molecule has 0 fully saturated rings. The van der Waals surface area contributed by atoms with Gasteiger partial charge >= 0.3 is 0 Å². The van der Waals surface area contributed by atoms with Crippen molar-refractivity contribution >= 4 is 27.7 Å². The van der Waals surface area contributed by atoms with Crippen molar-refractivity contribution in [1.29, 1.82) is 0 Å². The molecule has 0 saturated heterocycles. The van der Waals surface area contributed by atoms with E-state index in [2.05, 4.69) is 72.5 Å². The molecule has 0 aliphatic rings. The number of nitrogens with one attached hydrogen (secondary N) is 1. The van der Waals surface area contributed by atoms with Crippen LogP contribution in [0.5, 0.6) is 0 Å². The Balaban J connectivity index is 1.89. The van der Waals surface area contributed by atoms with Gasteiger partial charge in [-0.1, -0.05) is 36.4 Å². The number of pyridine rings is 1. The molecule has 21 heavy (non-hydrogen) atoms. The van der Waals surface area contributed by atoms with Gasteiger partial charge in [-0.3, -0.25) is 0 Å². The van der Waals surface area contributed by atoms with Crippen LogP contribution in [0.3, 0.4) is 0 Å². The van der Waals surface area contributed by atoms with Crippen LogP contribution in [0.4, 0.5) is 0 Å². The van der Waals surface area contributed by atoms with Gasteiger partial charge in [-0.25, -0.2) is 4.98 Å². The van der Waals surface area contributed by atoms with Crippen LogP contribution in [0, 0.1) is 0 Å². The smallest absolute Gasteiger partial charge is 0.137 e. The summed E-state index contributed by atoms with van der Waals surface area (Å²) in [6, 6.07) is 14.7. The number of benzene rings is 1. The Bertz CT molecular complexity index is 759. The quantitative estimate of drug-likeness (QED) is 0.696. The van der Waals surface area contributed by atoms with Crippen molar-refractivity contribution in [3.05, 3.63) is 72.1 Å². The zero-order valence-corrected chi connectivity index (χ0v) is 13.0. The van der Waals surface area contributed by atoms with Gasteiger partial charge in [0.15, 0.2) is 0 Å². The van der Waals surface area contributed by atoms with Gasteiger partial charge in [0.05, 0.1) is 0 Å². The van der Waals surface area contributed by atoms with E-state index in [9.17, 15) is 0 Å². The summed E-state index contributed by atoms with van der Waals surface area (Å²) in [5.74, 6) is 0. The maximum atomic E-state index is 4.36. The molecule has 0 amide bonds. The molecular formula is C18H18N2S. The molecule has 2 aromatic heterocycles. The van der Waals surface area contributed by atoms with E-state index in [1.807, 2.05) is 24.0 Å². The Kier molecular flexibility index (Phi) is 4.11. The van der Waals surface area contributed by atoms with Crippen LogP contribution in [-0.4, -0.2) is 9.97 Å². The second-order valence-corrected chi connectivity index (χ2v) is 6.31. The van der Waals surface area contributed by atoms with Crippen molar-refractivity contribution in [3.8, 4) is 0 Å². The fourth-order valence-corrected chi connectivity index (χ4v) is 3.54. The van der Waals surface area contributed by atoms with E-state index >= 15 is 0 Å². The average Bonchev–Trinajstić information content (AvgIpc) is 2.97. The third kappa shape index (κ3) is 2.88. The standard InChI is InChI=1S/C18H18N2S/c1-3-17(21-13(2)14-8-5-4-6-9-14)16-12-20-18-15(16)10-7-11-19-18/h3-13H,1-2H3,(H,19,20)/b17-3-. The summed E-state index contributed by atoms with van der Waals surface area (Å²) in [6.45, 7) is 4.34. The molecule has 106 valence electrons. The maximum Gasteiger partial charge on any atom is 0.137 e. The molecule has 1 unspecified atom stereocenters. The molecule has 0 aliphatic carbocycles. The summed E-state index contributed by atoms with van der Waals surface area (Å²) < 4.78 is 0. The van der Waals surface area contributed by atoms with Crippen molar-refractivity contribution in [2.75, 3.05) is 0 Å². The Morgan fingerprint density at radius 3 is 2.76 bits per heavy atom. The molecule has 0 aliphatic heterocycles. The first kappa shape index (κ1) is 14.0. The van der Waals surface area contributed by atoms with Gasteiger partial charge in [-0.2, -0.15) is 0 Å². The minimum Gasteiger partial charge on any atom is -0.345 e. The van der Waals surface area contributed by atoms with Crippen molar-refractivity contribution in [2.24, 2.45) is 0 Å². The fourth-order valence-electron chi connectivity index (χ4n) is 2.43. The third-order valence-electron chi connectivity index (χ3n) is 3.55. The maximum absolute atomic E-state index is 4.36. The number of fused-ring (bicyclic) bond motifs is 1. The van der Waals surface area contributed by atoms with Gasteiger partial charge in [0, 0.05) is 33.5 Å². The summed E-state index contributed by atoms with van der Waals surface area (Å²) >= 11 is 1.88. The molecule has 0 spiro atoms. The molecule has 1 N–H and O–H groups in total. The number of aromatic nitrogens is 2. The Hall–Kier alpha value is -2.00. The highest BCUT2D eigenvalue weighted by molar-refractivity contribution is 8.08. The first-order valence-electron chi connectivity index (χ1n) is 7.10. The fraction of sp³-hybridized carbons (Fsp3) is 0.167. The van der Waals surface area contributed by atoms with Crippen LogP contribution in [0.2, 0.25) is 0 Å². The molecule has 3 rings (SSSR count). The predicted octanol–water partition coefficient (Wildman–Crippen LogP) is 5.42. The predicted molar refractivity (Wildman–Crippen MR) is 92.2 cm³/mol. The average molecular weight is 294 g/mol. The number of aromatic amines is 1. The first-order valence-corrected chi connectivity index (χ1v) is 7.98. The van der Waals surface area contributed by atoms with E-state index < -0.39 is 0 Å². The summed E-state index contributed by atoms with van der Waals surface area (Å²) in [7, 11) is 0. The zero-order valence-electron chi connectivity index (χ0n) is 12.2. The Morgan fingerprint density at radius 2 is 2.00 bits per heavy atom. The Morgan fingerprint density at radius 1 is 1.19 bits per heavy atom. The lowest BCUT2D eigenvalue weighted by atomic mass is 10.2. The van der Waals surface area contributed by atoms with Gasteiger partial charge in [0.1, 0.15) is 5.65 Å². The van der Waals surface area contributed by atoms with Crippen LogP contribution in [0.25, 0.3) is 15.9 Å². The van der Waals surface area contributed by atoms with E-state index in [0.29, 0.717) is 5.25 Å². The van der Waals surface area contributed by atoms with Gasteiger partial charge in [0.2, 0.25) is 0 Å². The third-order valence-corrected chi connectivity index (χ3v) is 4.89. The highest BCUT2D eigenvalue weighted by atomic mass is 32.2. The molecule has 1 aromatic carbocycles. The highest BCUT2D eigenvalue weighted by Gasteiger charge is 2.13. The van der Waals surface area contributed by atoms with Gasteiger partial charge in [0.25, 0.3) is 0 Å². The second-order valence-electron chi connectivity index (χ2n) is 4.93. The largest absolute Gasteiger partial charge is 0.345 e. The van der Waals surface area contributed by atoms with Crippen molar-refractivity contribution < 1.29 is 0 Å². The number of rotatable bonds is 4. The lowest BCUT2D eigenvalue weighted by molar-refractivity contribution is 1.11. The van der Waals surface area contributed by atoms with E-state index in [1.54, 1.807) is 0 Å².